The highest BCUT2D eigenvalue weighted by atomic mass is 32.2. The van der Waals surface area contributed by atoms with Crippen molar-refractivity contribution >= 4 is 29.0 Å². The van der Waals surface area contributed by atoms with Crippen molar-refractivity contribution < 1.29 is 4.79 Å². The van der Waals surface area contributed by atoms with E-state index in [0.717, 1.165) is 22.6 Å². The van der Waals surface area contributed by atoms with E-state index in [1.807, 2.05) is 17.5 Å². The molecule has 0 aliphatic heterocycles. The average Bonchev–Trinajstić information content (AvgIpc) is 3.28. The lowest BCUT2D eigenvalue weighted by atomic mass is 9.48. The van der Waals surface area contributed by atoms with Crippen LogP contribution >= 0.6 is 23.1 Å². The van der Waals surface area contributed by atoms with Crippen LogP contribution in [0.5, 0.6) is 0 Å². The van der Waals surface area contributed by atoms with Crippen molar-refractivity contribution in [3.05, 3.63) is 17.5 Å². The molecule has 1 amide bonds. The first-order valence-corrected chi connectivity index (χ1v) is 12.1. The zero-order chi connectivity index (χ0) is 19.3. The van der Waals surface area contributed by atoms with Crippen LogP contribution in [-0.2, 0) is 4.79 Å². The average molecular weight is 418 g/mol. The summed E-state index contributed by atoms with van der Waals surface area (Å²) < 4.78 is 1.48. The zero-order valence-corrected chi connectivity index (χ0v) is 17.8. The molecular weight excluding hydrogens is 390 g/mol. The summed E-state index contributed by atoms with van der Waals surface area (Å²) in [7, 11) is 0. The summed E-state index contributed by atoms with van der Waals surface area (Å²) in [6.45, 7) is 2.22. The Bertz CT molecular complexity index is 827. The van der Waals surface area contributed by atoms with Gasteiger partial charge in [0.25, 0.3) is 0 Å². The van der Waals surface area contributed by atoms with E-state index in [1.54, 1.807) is 11.3 Å². The first kappa shape index (κ1) is 18.5. The highest BCUT2D eigenvalue weighted by Gasteiger charge is 2.53. The summed E-state index contributed by atoms with van der Waals surface area (Å²) in [6.07, 6.45) is 8.18. The number of nitrogens with two attached hydrogens (primary N) is 1. The fraction of sp³-hybridized carbons (Fsp3) is 0.650. The Labute approximate surface area is 173 Å². The molecule has 4 saturated carbocycles. The van der Waals surface area contributed by atoms with Crippen LogP contribution in [-0.4, -0.2) is 32.6 Å². The molecule has 6 nitrogen and oxygen atoms in total. The van der Waals surface area contributed by atoms with E-state index in [0.29, 0.717) is 22.1 Å². The molecule has 4 fully saturated rings. The number of rotatable bonds is 6. The molecule has 8 heteroatoms. The van der Waals surface area contributed by atoms with Gasteiger partial charge in [0.2, 0.25) is 11.1 Å². The van der Waals surface area contributed by atoms with Crippen LogP contribution in [0.15, 0.2) is 22.7 Å². The summed E-state index contributed by atoms with van der Waals surface area (Å²) >= 11 is 2.92. The van der Waals surface area contributed by atoms with Crippen LogP contribution < -0.4 is 11.2 Å². The van der Waals surface area contributed by atoms with Crippen LogP contribution in [0.2, 0.25) is 0 Å². The lowest BCUT2D eigenvalue weighted by Crippen LogP contribution is -2.56. The Hall–Kier alpha value is -1.54. The maximum atomic E-state index is 12.6. The molecule has 0 radical (unpaired) electrons. The molecule has 0 aromatic carbocycles. The van der Waals surface area contributed by atoms with Gasteiger partial charge in [-0.05, 0) is 80.1 Å². The lowest BCUT2D eigenvalue weighted by Gasteiger charge is -2.59. The smallest absolute Gasteiger partial charge is 0.230 e. The second kappa shape index (κ2) is 7.06. The predicted molar refractivity (Wildman–Crippen MR) is 112 cm³/mol. The summed E-state index contributed by atoms with van der Waals surface area (Å²) in [4.78, 5) is 13.6. The molecule has 28 heavy (non-hydrogen) atoms. The normalized spacial score (nSPS) is 31.8. The molecule has 0 spiro atoms. The summed E-state index contributed by atoms with van der Waals surface area (Å²) in [5.74, 6) is 9.83. The molecule has 150 valence electrons. The van der Waals surface area contributed by atoms with Crippen LogP contribution in [0, 0.1) is 23.2 Å². The number of nitrogen functional groups attached to an aromatic ring is 1. The number of thioether (sulfide) groups is 1. The number of aromatic nitrogens is 3. The standard InChI is InChI=1S/C20H27N5OS2/c1-12(20-8-13-5-14(9-20)7-15(6-13)10-20)22-17(26)11-28-19-24-23-18(25(19)21)16-3-2-4-27-16/h2-4,12-15H,5-11,21H2,1H3,(H,22,26). The largest absolute Gasteiger partial charge is 0.352 e. The molecule has 6 rings (SSSR count). The van der Waals surface area contributed by atoms with Gasteiger partial charge in [0.15, 0.2) is 5.82 Å². The van der Waals surface area contributed by atoms with Crippen LogP contribution in [0.1, 0.15) is 45.4 Å². The number of nitrogens with zero attached hydrogens (tertiary/aromatic N) is 3. The van der Waals surface area contributed by atoms with Gasteiger partial charge in [-0.25, -0.2) is 4.68 Å². The lowest BCUT2D eigenvalue weighted by molar-refractivity contribution is -0.123. The van der Waals surface area contributed by atoms with Gasteiger partial charge in [0.1, 0.15) is 0 Å². The summed E-state index contributed by atoms with van der Waals surface area (Å²) in [6, 6.07) is 4.17. The van der Waals surface area contributed by atoms with Crippen molar-refractivity contribution in [1.29, 1.82) is 0 Å². The van der Waals surface area contributed by atoms with Gasteiger partial charge in [-0.3, -0.25) is 4.79 Å². The minimum absolute atomic E-state index is 0.0638. The fourth-order valence-electron chi connectivity index (χ4n) is 6.22. The Kier molecular flexibility index (Phi) is 4.66. The van der Waals surface area contributed by atoms with E-state index in [-0.39, 0.29) is 11.9 Å². The number of hydrogen-bond donors (Lipinski definition) is 2. The molecule has 3 N–H and O–H groups in total. The third-order valence-electron chi connectivity index (χ3n) is 7.12. The Morgan fingerprint density at radius 2 is 2.00 bits per heavy atom. The number of amides is 1. The monoisotopic (exact) mass is 417 g/mol. The molecule has 2 aromatic rings. The van der Waals surface area contributed by atoms with Crippen molar-refractivity contribution in [3.63, 3.8) is 0 Å². The van der Waals surface area contributed by atoms with Crippen LogP contribution in [0.3, 0.4) is 0 Å². The van der Waals surface area contributed by atoms with Gasteiger partial charge in [-0.1, -0.05) is 17.8 Å². The molecule has 1 atom stereocenters. The van der Waals surface area contributed by atoms with E-state index in [1.165, 1.54) is 55.0 Å². The van der Waals surface area contributed by atoms with Crippen molar-refractivity contribution in [3.8, 4) is 10.7 Å². The number of carbonyl (C=O) groups is 1. The molecule has 2 heterocycles. The van der Waals surface area contributed by atoms with E-state index >= 15 is 0 Å². The Balaban J connectivity index is 1.19. The predicted octanol–water partition coefficient (Wildman–Crippen LogP) is 3.53. The molecule has 1 unspecified atom stereocenters. The summed E-state index contributed by atoms with van der Waals surface area (Å²) in [5, 5.41) is 14.2. The van der Waals surface area contributed by atoms with Gasteiger partial charge < -0.3 is 11.2 Å². The fourth-order valence-corrected chi connectivity index (χ4v) is 7.60. The van der Waals surface area contributed by atoms with Gasteiger partial charge in [-0.2, -0.15) is 0 Å². The topological polar surface area (TPSA) is 85.8 Å². The number of nitrogens with one attached hydrogen (secondary N) is 1. The minimum Gasteiger partial charge on any atom is -0.352 e. The molecule has 4 aliphatic rings. The van der Waals surface area contributed by atoms with Crippen LogP contribution in [0.4, 0.5) is 0 Å². The van der Waals surface area contributed by atoms with E-state index in [9.17, 15) is 4.79 Å². The van der Waals surface area contributed by atoms with Crippen molar-refractivity contribution in [2.75, 3.05) is 11.6 Å². The highest BCUT2D eigenvalue weighted by molar-refractivity contribution is 7.99. The van der Waals surface area contributed by atoms with Crippen LogP contribution in [0.25, 0.3) is 10.7 Å². The number of hydrogen-bond acceptors (Lipinski definition) is 6. The maximum Gasteiger partial charge on any atom is 0.230 e. The highest BCUT2D eigenvalue weighted by Crippen LogP contribution is 2.61. The van der Waals surface area contributed by atoms with Gasteiger partial charge in [0.05, 0.1) is 10.6 Å². The third kappa shape index (κ3) is 3.24. The zero-order valence-electron chi connectivity index (χ0n) is 16.1. The third-order valence-corrected chi connectivity index (χ3v) is 8.93. The quantitative estimate of drug-likeness (QED) is 0.555. The van der Waals surface area contributed by atoms with Crippen molar-refractivity contribution in [1.82, 2.24) is 20.2 Å². The SMILES string of the molecule is CC(NC(=O)CSc1nnc(-c2cccs2)n1N)C12CC3CC(CC(C3)C1)C2. The number of thiophene rings is 1. The summed E-state index contributed by atoms with van der Waals surface area (Å²) in [5.41, 5.74) is 0.329. The van der Waals surface area contributed by atoms with E-state index in [4.69, 9.17) is 5.84 Å². The van der Waals surface area contributed by atoms with E-state index in [2.05, 4.69) is 22.4 Å². The van der Waals surface area contributed by atoms with Gasteiger partial charge in [0, 0.05) is 6.04 Å². The number of carbonyl (C=O) groups excluding carboxylic acids is 1. The van der Waals surface area contributed by atoms with E-state index < -0.39 is 0 Å². The second-order valence-corrected chi connectivity index (χ2v) is 10.9. The Morgan fingerprint density at radius 1 is 1.32 bits per heavy atom. The first-order chi connectivity index (χ1) is 13.5. The molecule has 4 bridgehead atoms. The van der Waals surface area contributed by atoms with Gasteiger partial charge >= 0.3 is 0 Å². The Morgan fingerprint density at radius 3 is 2.61 bits per heavy atom. The minimum atomic E-state index is 0.0638. The molecule has 2 aromatic heterocycles. The molecular formula is C20H27N5OS2. The second-order valence-electron chi connectivity index (χ2n) is 9.01. The molecule has 0 saturated heterocycles. The van der Waals surface area contributed by atoms with Crippen molar-refractivity contribution in [2.24, 2.45) is 23.2 Å². The molecule has 4 aliphatic carbocycles. The van der Waals surface area contributed by atoms with Gasteiger partial charge in [-0.15, -0.1) is 21.5 Å². The maximum absolute atomic E-state index is 12.6. The first-order valence-electron chi connectivity index (χ1n) is 10.2. The van der Waals surface area contributed by atoms with Crippen molar-refractivity contribution in [2.45, 2.75) is 56.6 Å².